The number of hydrogen-bond acceptors (Lipinski definition) is 1. The minimum Gasteiger partial charge on any atom is -0.299 e. The third-order valence-corrected chi connectivity index (χ3v) is 3.00. The summed E-state index contributed by atoms with van der Waals surface area (Å²) in [6, 6.07) is 8.42. The van der Waals surface area contributed by atoms with Crippen molar-refractivity contribution in [3.63, 3.8) is 0 Å². The lowest BCUT2D eigenvalue weighted by Crippen LogP contribution is -2.13. The highest BCUT2D eigenvalue weighted by molar-refractivity contribution is 5.82. The lowest BCUT2D eigenvalue weighted by molar-refractivity contribution is -0.122. The summed E-state index contributed by atoms with van der Waals surface area (Å²) in [6.07, 6.45) is 3.66. The van der Waals surface area contributed by atoms with Gasteiger partial charge in [0.25, 0.3) is 0 Å². The van der Waals surface area contributed by atoms with Crippen LogP contribution in [0.3, 0.4) is 0 Å². The molecule has 0 saturated heterocycles. The molecule has 0 bridgehead atoms. The van der Waals surface area contributed by atoms with Crippen LogP contribution in [0, 0.1) is 5.92 Å². The van der Waals surface area contributed by atoms with E-state index < -0.39 is 0 Å². The average molecular weight is 188 g/mol. The van der Waals surface area contributed by atoms with Crippen LogP contribution in [0.2, 0.25) is 0 Å². The van der Waals surface area contributed by atoms with Crippen LogP contribution in [0.25, 0.3) is 0 Å². The van der Waals surface area contributed by atoms with E-state index in [9.17, 15) is 4.79 Å². The summed E-state index contributed by atoms with van der Waals surface area (Å²) in [7, 11) is 0. The first-order chi connectivity index (χ1) is 6.81. The van der Waals surface area contributed by atoms with Gasteiger partial charge in [0.2, 0.25) is 0 Å². The van der Waals surface area contributed by atoms with Crippen LogP contribution in [0.1, 0.15) is 30.9 Å². The van der Waals surface area contributed by atoms with E-state index in [2.05, 4.69) is 31.2 Å². The maximum absolute atomic E-state index is 11.7. The average Bonchev–Trinajstić information content (AvgIpc) is 2.61. The van der Waals surface area contributed by atoms with E-state index in [4.69, 9.17) is 0 Å². The summed E-state index contributed by atoms with van der Waals surface area (Å²) < 4.78 is 0. The molecule has 1 aromatic rings. The Labute approximate surface area is 85.1 Å². The van der Waals surface area contributed by atoms with Gasteiger partial charge in [-0.15, -0.1) is 0 Å². The molecule has 1 nitrogen and oxygen atoms in total. The van der Waals surface area contributed by atoms with Gasteiger partial charge in [0.15, 0.2) is 0 Å². The van der Waals surface area contributed by atoms with Crippen molar-refractivity contribution in [3.8, 4) is 0 Å². The van der Waals surface area contributed by atoms with E-state index in [0.29, 0.717) is 5.78 Å². The number of Topliss-reactive ketones (excluding diaryl/α,β-unsaturated/α-hetero) is 1. The summed E-state index contributed by atoms with van der Waals surface area (Å²) in [6.45, 7) is 2.07. The molecule has 0 aliphatic heterocycles. The fraction of sp³-hybridized carbons (Fsp3) is 0.462. The fourth-order valence-corrected chi connectivity index (χ4v) is 2.24. The molecule has 0 atom stereocenters. The highest BCUT2D eigenvalue weighted by Crippen LogP contribution is 2.27. The first-order valence-electron chi connectivity index (χ1n) is 5.40. The first-order valence-corrected chi connectivity index (χ1v) is 5.40. The number of carbonyl (C=O) groups is 1. The zero-order chi connectivity index (χ0) is 9.97. The van der Waals surface area contributed by atoms with Crippen LogP contribution < -0.4 is 0 Å². The molecule has 1 aromatic carbocycles. The quantitative estimate of drug-likeness (QED) is 0.712. The Morgan fingerprint density at radius 2 is 1.86 bits per heavy atom. The molecule has 1 aliphatic rings. The van der Waals surface area contributed by atoms with Crippen molar-refractivity contribution < 1.29 is 4.79 Å². The molecular weight excluding hydrogens is 172 g/mol. The van der Waals surface area contributed by atoms with Crippen LogP contribution >= 0.6 is 0 Å². The molecule has 0 N–H and O–H groups in total. The van der Waals surface area contributed by atoms with E-state index in [1.54, 1.807) is 0 Å². The van der Waals surface area contributed by atoms with Gasteiger partial charge >= 0.3 is 0 Å². The second kappa shape index (κ2) is 3.95. The molecule has 0 spiro atoms. The number of ketones is 1. The predicted octanol–water partition coefficient (Wildman–Crippen LogP) is 2.77. The number of hydrogen-bond donors (Lipinski definition) is 0. The first kappa shape index (κ1) is 9.45. The fourth-order valence-electron chi connectivity index (χ4n) is 2.24. The second-order valence-electron chi connectivity index (χ2n) is 4.09. The van der Waals surface area contributed by atoms with Crippen LogP contribution in [-0.2, 0) is 17.6 Å². The normalized spacial score (nSPS) is 15.5. The minimum atomic E-state index is 0.271. The lowest BCUT2D eigenvalue weighted by atomic mass is 9.98. The van der Waals surface area contributed by atoms with Gasteiger partial charge in [0, 0.05) is 12.3 Å². The van der Waals surface area contributed by atoms with Crippen molar-refractivity contribution in [2.45, 2.75) is 32.6 Å². The van der Waals surface area contributed by atoms with Crippen LogP contribution in [-0.4, -0.2) is 5.78 Å². The number of fused-ring (bicyclic) bond motifs is 1. The molecule has 14 heavy (non-hydrogen) atoms. The van der Waals surface area contributed by atoms with E-state index in [1.165, 1.54) is 11.1 Å². The van der Waals surface area contributed by atoms with E-state index >= 15 is 0 Å². The Balaban J connectivity index is 2.08. The minimum absolute atomic E-state index is 0.271. The smallest absolute Gasteiger partial charge is 0.136 e. The monoisotopic (exact) mass is 188 g/mol. The maximum Gasteiger partial charge on any atom is 0.136 e. The molecule has 0 aromatic heterocycles. The van der Waals surface area contributed by atoms with Crippen LogP contribution in [0.5, 0.6) is 0 Å². The molecule has 0 unspecified atom stereocenters. The lowest BCUT2D eigenvalue weighted by Gasteiger charge is -2.05. The Kier molecular flexibility index (Phi) is 2.67. The molecule has 2 rings (SSSR count). The molecule has 1 aliphatic carbocycles. The Morgan fingerprint density at radius 3 is 2.36 bits per heavy atom. The van der Waals surface area contributed by atoms with Gasteiger partial charge in [0.1, 0.15) is 5.78 Å². The molecule has 0 heterocycles. The number of rotatable bonds is 3. The van der Waals surface area contributed by atoms with Gasteiger partial charge in [0.05, 0.1) is 0 Å². The molecule has 0 amide bonds. The highest BCUT2D eigenvalue weighted by Gasteiger charge is 2.25. The maximum atomic E-state index is 11.7. The largest absolute Gasteiger partial charge is 0.299 e. The van der Waals surface area contributed by atoms with Crippen molar-refractivity contribution in [2.75, 3.05) is 0 Å². The summed E-state index contributed by atoms with van der Waals surface area (Å²) in [5.74, 6) is 0.719. The summed E-state index contributed by atoms with van der Waals surface area (Å²) >= 11 is 0. The molecule has 1 heteroatoms. The standard InChI is InChI=1S/C13H16O/c1-2-5-13(14)12-8-10-6-3-4-7-11(10)9-12/h3-4,6-7,12H,2,5,8-9H2,1H3. The molecular formula is C13H16O. The van der Waals surface area contributed by atoms with E-state index in [0.717, 1.165) is 25.7 Å². The third-order valence-electron chi connectivity index (χ3n) is 3.00. The number of benzene rings is 1. The summed E-state index contributed by atoms with van der Waals surface area (Å²) in [4.78, 5) is 11.7. The zero-order valence-corrected chi connectivity index (χ0v) is 8.62. The Bertz CT molecular complexity index is 316. The van der Waals surface area contributed by atoms with Crippen molar-refractivity contribution in [1.29, 1.82) is 0 Å². The van der Waals surface area contributed by atoms with Gasteiger partial charge in [-0.2, -0.15) is 0 Å². The Hall–Kier alpha value is -1.11. The van der Waals surface area contributed by atoms with Crippen molar-refractivity contribution in [1.82, 2.24) is 0 Å². The van der Waals surface area contributed by atoms with Crippen molar-refractivity contribution in [3.05, 3.63) is 35.4 Å². The van der Waals surface area contributed by atoms with Gasteiger partial charge < -0.3 is 0 Å². The molecule has 0 saturated carbocycles. The van der Waals surface area contributed by atoms with Crippen LogP contribution in [0.4, 0.5) is 0 Å². The predicted molar refractivity (Wildman–Crippen MR) is 57.3 cm³/mol. The van der Waals surface area contributed by atoms with Crippen LogP contribution in [0.15, 0.2) is 24.3 Å². The molecule has 0 radical (unpaired) electrons. The highest BCUT2D eigenvalue weighted by atomic mass is 16.1. The van der Waals surface area contributed by atoms with Crippen molar-refractivity contribution >= 4 is 5.78 Å². The second-order valence-corrected chi connectivity index (χ2v) is 4.09. The van der Waals surface area contributed by atoms with Gasteiger partial charge in [-0.1, -0.05) is 31.2 Å². The third kappa shape index (κ3) is 1.72. The topological polar surface area (TPSA) is 17.1 Å². The van der Waals surface area contributed by atoms with E-state index in [-0.39, 0.29) is 5.92 Å². The SMILES string of the molecule is CCCC(=O)C1Cc2ccccc2C1. The molecule has 0 fully saturated rings. The zero-order valence-electron chi connectivity index (χ0n) is 8.62. The number of carbonyl (C=O) groups excluding carboxylic acids is 1. The van der Waals surface area contributed by atoms with Crippen molar-refractivity contribution in [2.24, 2.45) is 5.92 Å². The Morgan fingerprint density at radius 1 is 1.29 bits per heavy atom. The summed E-state index contributed by atoms with van der Waals surface area (Å²) in [5.41, 5.74) is 2.75. The summed E-state index contributed by atoms with van der Waals surface area (Å²) in [5, 5.41) is 0. The molecule has 74 valence electrons. The van der Waals surface area contributed by atoms with Gasteiger partial charge in [-0.3, -0.25) is 4.79 Å². The van der Waals surface area contributed by atoms with Gasteiger partial charge in [-0.25, -0.2) is 0 Å². The van der Waals surface area contributed by atoms with E-state index in [1.807, 2.05) is 0 Å². The van der Waals surface area contributed by atoms with Gasteiger partial charge in [-0.05, 0) is 30.4 Å².